The lowest BCUT2D eigenvalue weighted by Crippen LogP contribution is -2.24. The van der Waals surface area contributed by atoms with E-state index in [-0.39, 0.29) is 6.61 Å². The van der Waals surface area contributed by atoms with Gasteiger partial charge >= 0.3 is 0 Å². The zero-order valence-electron chi connectivity index (χ0n) is 19.9. The van der Waals surface area contributed by atoms with Crippen LogP contribution in [-0.2, 0) is 0 Å². The number of aliphatic hydroxyl groups excluding tert-OH is 1. The topological polar surface area (TPSA) is 108 Å². The van der Waals surface area contributed by atoms with E-state index in [1.807, 2.05) is 61.6 Å². The van der Waals surface area contributed by atoms with Crippen molar-refractivity contribution in [2.75, 3.05) is 45.8 Å². The summed E-state index contributed by atoms with van der Waals surface area (Å²) in [5.41, 5.74) is 3.28. The number of nitrogens with one attached hydrogen (secondary N) is 2. The normalized spacial score (nSPS) is 11.0. The summed E-state index contributed by atoms with van der Waals surface area (Å²) in [6, 6.07) is 17.3. The predicted octanol–water partition coefficient (Wildman–Crippen LogP) is 3.98. The Morgan fingerprint density at radius 2 is 1.89 bits per heavy atom. The molecule has 3 N–H and O–H groups in total. The molecule has 0 fully saturated rings. The number of aromatic amines is 1. The summed E-state index contributed by atoms with van der Waals surface area (Å²) in [5, 5.41) is 12.2. The number of imidazole rings is 1. The molecule has 4 aromatic rings. The van der Waals surface area contributed by atoms with Crippen molar-refractivity contribution in [1.29, 1.82) is 0 Å². The van der Waals surface area contributed by atoms with Crippen LogP contribution in [0.4, 0.5) is 11.6 Å². The molecule has 2 aromatic carbocycles. The van der Waals surface area contributed by atoms with Crippen molar-refractivity contribution in [3.8, 4) is 34.3 Å². The van der Waals surface area contributed by atoms with Crippen molar-refractivity contribution < 1.29 is 14.6 Å². The first-order valence-corrected chi connectivity index (χ1v) is 11.5. The lowest BCUT2D eigenvalue weighted by Gasteiger charge is -2.15. The zero-order valence-corrected chi connectivity index (χ0v) is 19.9. The van der Waals surface area contributed by atoms with Crippen LogP contribution in [0.1, 0.15) is 6.42 Å². The Morgan fingerprint density at radius 1 is 1.03 bits per heavy atom. The number of ether oxygens (including phenoxy) is 2. The molecule has 4 rings (SSSR count). The average Bonchev–Trinajstić information content (AvgIpc) is 3.38. The van der Waals surface area contributed by atoms with Gasteiger partial charge in [0.1, 0.15) is 17.3 Å². The van der Waals surface area contributed by atoms with Crippen LogP contribution in [0.2, 0.25) is 0 Å². The first-order valence-electron chi connectivity index (χ1n) is 11.5. The minimum absolute atomic E-state index is 0.165. The van der Waals surface area contributed by atoms with E-state index in [0.717, 1.165) is 52.9 Å². The van der Waals surface area contributed by atoms with Crippen LogP contribution < -0.4 is 14.8 Å². The van der Waals surface area contributed by atoms with E-state index in [1.54, 1.807) is 19.5 Å². The monoisotopic (exact) mass is 474 g/mol. The van der Waals surface area contributed by atoms with Gasteiger partial charge in [0.25, 0.3) is 0 Å². The summed E-state index contributed by atoms with van der Waals surface area (Å²) < 4.78 is 11.2. The highest BCUT2D eigenvalue weighted by Gasteiger charge is 2.09. The zero-order chi connectivity index (χ0) is 24.5. The third kappa shape index (κ3) is 6.78. The maximum absolute atomic E-state index is 8.97. The van der Waals surface area contributed by atoms with Crippen LogP contribution in [0.3, 0.4) is 0 Å². The standard InChI is InChI=1S/C26H30N6O3/c1-32(13-14-33)12-5-15-35-22-9-4-7-20(17-22)29-26-27-11-10-23(31-26)24-18-28-25(30-24)19-6-3-8-21(16-19)34-2/h3-4,6-11,16-18,33H,5,12-15H2,1-2H3,(H,28,30)(H,27,29,31). The Morgan fingerprint density at radius 3 is 2.74 bits per heavy atom. The van der Waals surface area contributed by atoms with Gasteiger partial charge in [-0.3, -0.25) is 0 Å². The molecule has 0 aliphatic carbocycles. The maximum Gasteiger partial charge on any atom is 0.227 e. The van der Waals surface area contributed by atoms with Crippen LogP contribution in [0.5, 0.6) is 11.5 Å². The van der Waals surface area contributed by atoms with Crippen molar-refractivity contribution in [2.24, 2.45) is 0 Å². The number of nitrogens with zero attached hydrogens (tertiary/aromatic N) is 4. The van der Waals surface area contributed by atoms with E-state index >= 15 is 0 Å². The van der Waals surface area contributed by atoms with Crippen LogP contribution in [-0.4, -0.2) is 70.4 Å². The number of aromatic nitrogens is 4. The highest BCUT2D eigenvalue weighted by atomic mass is 16.5. The molecular formula is C26H30N6O3. The molecule has 0 saturated heterocycles. The van der Waals surface area contributed by atoms with Crippen molar-refractivity contribution in [2.45, 2.75) is 6.42 Å². The summed E-state index contributed by atoms with van der Waals surface area (Å²) in [4.78, 5) is 18.9. The molecular weight excluding hydrogens is 444 g/mol. The van der Waals surface area contributed by atoms with Gasteiger partial charge in [0.05, 0.1) is 37.9 Å². The molecule has 0 radical (unpaired) electrons. The van der Waals surface area contributed by atoms with Crippen LogP contribution >= 0.6 is 0 Å². The molecule has 182 valence electrons. The highest BCUT2D eigenvalue weighted by molar-refractivity contribution is 5.64. The van der Waals surface area contributed by atoms with E-state index in [9.17, 15) is 0 Å². The number of benzene rings is 2. The SMILES string of the molecule is COc1cccc(-c2ncc(-c3ccnc(Nc4cccc(OCCCN(C)CCO)c4)n3)[nH]2)c1. The molecule has 2 aromatic heterocycles. The fraction of sp³-hybridized carbons (Fsp3) is 0.269. The number of likely N-dealkylation sites (N-methyl/N-ethyl adjacent to an activating group) is 1. The van der Waals surface area contributed by atoms with Crippen molar-refractivity contribution in [3.63, 3.8) is 0 Å². The van der Waals surface area contributed by atoms with Gasteiger partial charge < -0.3 is 29.8 Å². The molecule has 0 spiro atoms. The third-order valence-electron chi connectivity index (χ3n) is 5.38. The van der Waals surface area contributed by atoms with Gasteiger partial charge in [-0.05, 0) is 43.8 Å². The minimum atomic E-state index is 0.165. The quantitative estimate of drug-likeness (QED) is 0.265. The van der Waals surface area contributed by atoms with Crippen LogP contribution in [0, 0.1) is 0 Å². The Balaban J connectivity index is 1.39. The lowest BCUT2D eigenvalue weighted by atomic mass is 10.2. The Labute approximate surface area is 204 Å². The van der Waals surface area contributed by atoms with Gasteiger partial charge in [0, 0.05) is 36.6 Å². The molecule has 0 unspecified atom stereocenters. The molecule has 35 heavy (non-hydrogen) atoms. The van der Waals surface area contributed by atoms with Crippen LogP contribution in [0.25, 0.3) is 22.8 Å². The second-order valence-electron chi connectivity index (χ2n) is 8.02. The van der Waals surface area contributed by atoms with Gasteiger partial charge in [-0.25, -0.2) is 15.0 Å². The van der Waals surface area contributed by atoms with E-state index in [2.05, 4.69) is 30.2 Å². The number of hydrogen-bond donors (Lipinski definition) is 3. The van der Waals surface area contributed by atoms with E-state index < -0.39 is 0 Å². The maximum atomic E-state index is 8.97. The first-order chi connectivity index (χ1) is 17.1. The summed E-state index contributed by atoms with van der Waals surface area (Å²) in [6.07, 6.45) is 4.34. The number of rotatable bonds is 12. The van der Waals surface area contributed by atoms with Gasteiger partial charge in [-0.2, -0.15) is 0 Å². The molecule has 0 amide bonds. The smallest absolute Gasteiger partial charge is 0.227 e. The summed E-state index contributed by atoms with van der Waals surface area (Å²) in [7, 11) is 3.63. The van der Waals surface area contributed by atoms with E-state index in [0.29, 0.717) is 19.1 Å². The van der Waals surface area contributed by atoms with Gasteiger partial charge in [0.2, 0.25) is 5.95 Å². The molecule has 2 heterocycles. The van der Waals surface area contributed by atoms with Gasteiger partial charge in [-0.15, -0.1) is 0 Å². The Kier molecular flexibility index (Phi) is 8.26. The second-order valence-corrected chi connectivity index (χ2v) is 8.02. The lowest BCUT2D eigenvalue weighted by molar-refractivity contribution is 0.207. The Hall–Kier alpha value is -3.95. The molecule has 0 aliphatic rings. The fourth-order valence-electron chi connectivity index (χ4n) is 3.54. The largest absolute Gasteiger partial charge is 0.497 e. The number of H-pyrrole nitrogens is 1. The fourth-order valence-corrected chi connectivity index (χ4v) is 3.54. The van der Waals surface area contributed by atoms with Gasteiger partial charge in [0.15, 0.2) is 0 Å². The van der Waals surface area contributed by atoms with Crippen molar-refractivity contribution >= 4 is 11.6 Å². The number of hydrogen-bond acceptors (Lipinski definition) is 8. The highest BCUT2D eigenvalue weighted by Crippen LogP contribution is 2.25. The number of anilines is 2. The summed E-state index contributed by atoms with van der Waals surface area (Å²) in [5.74, 6) is 2.75. The van der Waals surface area contributed by atoms with E-state index in [1.165, 1.54) is 0 Å². The number of aliphatic hydroxyl groups is 1. The number of methoxy groups -OCH3 is 1. The molecule has 0 bridgehead atoms. The molecule has 0 atom stereocenters. The molecule has 0 saturated carbocycles. The van der Waals surface area contributed by atoms with Crippen molar-refractivity contribution in [3.05, 3.63) is 67.0 Å². The van der Waals surface area contributed by atoms with Crippen LogP contribution in [0.15, 0.2) is 67.0 Å². The average molecular weight is 475 g/mol. The molecule has 9 heteroatoms. The third-order valence-corrected chi connectivity index (χ3v) is 5.38. The minimum Gasteiger partial charge on any atom is -0.497 e. The molecule has 0 aliphatic heterocycles. The first kappa shape index (κ1) is 24.2. The summed E-state index contributed by atoms with van der Waals surface area (Å²) >= 11 is 0. The molecule has 9 nitrogen and oxygen atoms in total. The second kappa shape index (κ2) is 12.0. The predicted molar refractivity (Wildman–Crippen MR) is 136 cm³/mol. The van der Waals surface area contributed by atoms with Crippen molar-refractivity contribution in [1.82, 2.24) is 24.8 Å². The van der Waals surface area contributed by atoms with Gasteiger partial charge in [-0.1, -0.05) is 18.2 Å². The Bertz CT molecular complexity index is 1230. The van der Waals surface area contributed by atoms with E-state index in [4.69, 9.17) is 14.6 Å². The summed E-state index contributed by atoms with van der Waals surface area (Å²) in [6.45, 7) is 2.30.